The SMILES string of the molecule is CCCOc1ccc(C(O)C2CCCN2)cc1. The Morgan fingerprint density at radius 1 is 1.41 bits per heavy atom. The van der Waals surface area contributed by atoms with Gasteiger partial charge < -0.3 is 15.2 Å². The van der Waals surface area contributed by atoms with Crippen LogP contribution in [-0.4, -0.2) is 24.3 Å². The second-order valence-electron chi connectivity index (χ2n) is 4.57. The molecule has 94 valence electrons. The van der Waals surface area contributed by atoms with Crippen molar-refractivity contribution in [1.82, 2.24) is 5.32 Å². The molecule has 0 radical (unpaired) electrons. The minimum absolute atomic E-state index is 0.206. The molecule has 3 heteroatoms. The van der Waals surface area contributed by atoms with E-state index in [4.69, 9.17) is 4.74 Å². The third-order valence-electron chi connectivity index (χ3n) is 3.17. The molecule has 3 nitrogen and oxygen atoms in total. The Bertz CT molecular complexity index is 331. The summed E-state index contributed by atoms with van der Waals surface area (Å²) in [6.45, 7) is 3.84. The summed E-state index contributed by atoms with van der Waals surface area (Å²) in [6, 6.07) is 7.98. The third-order valence-corrected chi connectivity index (χ3v) is 3.17. The maximum absolute atomic E-state index is 10.2. The van der Waals surface area contributed by atoms with Crippen LogP contribution in [-0.2, 0) is 0 Å². The number of benzene rings is 1. The Kier molecular flexibility index (Phi) is 4.40. The highest BCUT2D eigenvalue weighted by molar-refractivity contribution is 5.29. The number of hydrogen-bond acceptors (Lipinski definition) is 3. The first kappa shape index (κ1) is 12.4. The summed E-state index contributed by atoms with van der Waals surface area (Å²) in [4.78, 5) is 0. The van der Waals surface area contributed by atoms with Gasteiger partial charge in [-0.05, 0) is 43.5 Å². The molecule has 2 unspecified atom stereocenters. The number of rotatable bonds is 5. The van der Waals surface area contributed by atoms with Gasteiger partial charge in [0, 0.05) is 6.04 Å². The standard InChI is InChI=1S/C14H21NO2/c1-2-10-17-12-7-5-11(6-8-12)14(16)13-4-3-9-15-13/h5-8,13-16H,2-4,9-10H2,1H3. The fraction of sp³-hybridized carbons (Fsp3) is 0.571. The van der Waals surface area contributed by atoms with E-state index in [9.17, 15) is 5.11 Å². The van der Waals surface area contributed by atoms with E-state index in [1.165, 1.54) is 0 Å². The fourth-order valence-electron chi connectivity index (χ4n) is 2.19. The molecule has 0 spiro atoms. The maximum Gasteiger partial charge on any atom is 0.119 e. The lowest BCUT2D eigenvalue weighted by Gasteiger charge is -2.18. The lowest BCUT2D eigenvalue weighted by atomic mass is 10.0. The Hall–Kier alpha value is -1.06. The predicted octanol–water partition coefficient (Wildman–Crippen LogP) is 2.26. The second-order valence-corrected chi connectivity index (χ2v) is 4.57. The zero-order chi connectivity index (χ0) is 12.1. The number of aliphatic hydroxyl groups is 1. The Morgan fingerprint density at radius 3 is 2.76 bits per heavy atom. The first-order valence-corrected chi connectivity index (χ1v) is 6.45. The first-order chi connectivity index (χ1) is 8.31. The molecular formula is C14H21NO2. The lowest BCUT2D eigenvalue weighted by Crippen LogP contribution is -2.28. The van der Waals surface area contributed by atoms with E-state index in [2.05, 4.69) is 12.2 Å². The summed E-state index contributed by atoms with van der Waals surface area (Å²) >= 11 is 0. The van der Waals surface area contributed by atoms with Crippen molar-refractivity contribution in [2.75, 3.05) is 13.2 Å². The average molecular weight is 235 g/mol. The summed E-state index contributed by atoms with van der Waals surface area (Å²) in [7, 11) is 0. The highest BCUT2D eigenvalue weighted by Gasteiger charge is 2.23. The molecule has 1 saturated heterocycles. The molecule has 2 rings (SSSR count). The molecule has 1 aromatic rings. The summed E-state index contributed by atoms with van der Waals surface area (Å²) in [5, 5.41) is 13.5. The van der Waals surface area contributed by atoms with E-state index in [1.54, 1.807) is 0 Å². The summed E-state index contributed by atoms with van der Waals surface area (Å²) in [6.07, 6.45) is 2.81. The molecule has 1 aliphatic heterocycles. The predicted molar refractivity (Wildman–Crippen MR) is 68.2 cm³/mol. The molecule has 2 N–H and O–H groups in total. The average Bonchev–Trinajstić information content (AvgIpc) is 2.90. The topological polar surface area (TPSA) is 41.5 Å². The van der Waals surface area contributed by atoms with Crippen molar-refractivity contribution in [3.63, 3.8) is 0 Å². The van der Waals surface area contributed by atoms with Crippen molar-refractivity contribution in [1.29, 1.82) is 0 Å². The first-order valence-electron chi connectivity index (χ1n) is 6.45. The van der Waals surface area contributed by atoms with Crippen molar-refractivity contribution in [3.05, 3.63) is 29.8 Å². The van der Waals surface area contributed by atoms with Gasteiger partial charge in [0.1, 0.15) is 5.75 Å². The van der Waals surface area contributed by atoms with Crippen molar-refractivity contribution < 1.29 is 9.84 Å². The minimum Gasteiger partial charge on any atom is -0.494 e. The number of ether oxygens (including phenoxy) is 1. The van der Waals surface area contributed by atoms with Crippen molar-refractivity contribution in [2.45, 2.75) is 38.3 Å². The van der Waals surface area contributed by atoms with Crippen LogP contribution in [0, 0.1) is 0 Å². The van der Waals surface area contributed by atoms with E-state index in [0.717, 1.165) is 43.7 Å². The van der Waals surface area contributed by atoms with Crippen LogP contribution >= 0.6 is 0 Å². The van der Waals surface area contributed by atoms with Crippen molar-refractivity contribution >= 4 is 0 Å². The van der Waals surface area contributed by atoms with Gasteiger partial charge >= 0.3 is 0 Å². The molecule has 1 aromatic carbocycles. The lowest BCUT2D eigenvalue weighted by molar-refractivity contribution is 0.137. The molecule has 17 heavy (non-hydrogen) atoms. The molecule has 1 fully saturated rings. The zero-order valence-corrected chi connectivity index (χ0v) is 10.4. The van der Waals surface area contributed by atoms with Crippen molar-refractivity contribution in [2.24, 2.45) is 0 Å². The molecule has 0 amide bonds. The van der Waals surface area contributed by atoms with Gasteiger partial charge in [-0.2, -0.15) is 0 Å². The van der Waals surface area contributed by atoms with E-state index < -0.39 is 6.10 Å². The van der Waals surface area contributed by atoms with E-state index in [0.29, 0.717) is 0 Å². The smallest absolute Gasteiger partial charge is 0.119 e. The van der Waals surface area contributed by atoms with Crippen LogP contribution in [0.15, 0.2) is 24.3 Å². The Labute approximate surface area is 103 Å². The minimum atomic E-state index is -0.405. The Balaban J connectivity index is 1.96. The molecule has 0 aliphatic carbocycles. The second kappa shape index (κ2) is 6.03. The normalized spacial score (nSPS) is 21.4. The van der Waals surface area contributed by atoms with Gasteiger partial charge in [-0.25, -0.2) is 0 Å². The summed E-state index contributed by atoms with van der Waals surface area (Å²) < 4.78 is 5.52. The molecule has 0 bridgehead atoms. The van der Waals surface area contributed by atoms with Crippen LogP contribution < -0.4 is 10.1 Å². The largest absolute Gasteiger partial charge is 0.494 e. The zero-order valence-electron chi connectivity index (χ0n) is 10.4. The van der Waals surface area contributed by atoms with Crippen molar-refractivity contribution in [3.8, 4) is 5.75 Å². The van der Waals surface area contributed by atoms with Gasteiger partial charge in [0.2, 0.25) is 0 Å². The van der Waals surface area contributed by atoms with Crippen LogP contribution in [0.2, 0.25) is 0 Å². The van der Waals surface area contributed by atoms with Gasteiger partial charge in [0.15, 0.2) is 0 Å². The maximum atomic E-state index is 10.2. The third kappa shape index (κ3) is 3.20. The molecule has 1 heterocycles. The number of nitrogens with one attached hydrogen (secondary N) is 1. The quantitative estimate of drug-likeness (QED) is 0.822. The summed E-state index contributed by atoms with van der Waals surface area (Å²) in [5.74, 6) is 0.877. The van der Waals surface area contributed by atoms with Crippen LogP contribution in [0.4, 0.5) is 0 Å². The molecule has 0 saturated carbocycles. The molecule has 0 aromatic heterocycles. The highest BCUT2D eigenvalue weighted by atomic mass is 16.5. The van der Waals surface area contributed by atoms with Crippen LogP contribution in [0.1, 0.15) is 37.9 Å². The number of hydrogen-bond donors (Lipinski definition) is 2. The monoisotopic (exact) mass is 235 g/mol. The fourth-order valence-corrected chi connectivity index (χ4v) is 2.19. The highest BCUT2D eigenvalue weighted by Crippen LogP contribution is 2.24. The number of aliphatic hydroxyl groups excluding tert-OH is 1. The van der Waals surface area contributed by atoms with E-state index >= 15 is 0 Å². The summed E-state index contributed by atoms with van der Waals surface area (Å²) in [5.41, 5.74) is 0.966. The van der Waals surface area contributed by atoms with Gasteiger partial charge in [-0.3, -0.25) is 0 Å². The molecular weight excluding hydrogens is 214 g/mol. The van der Waals surface area contributed by atoms with Crippen LogP contribution in [0.5, 0.6) is 5.75 Å². The van der Waals surface area contributed by atoms with Gasteiger partial charge in [0.25, 0.3) is 0 Å². The Morgan fingerprint density at radius 2 is 2.18 bits per heavy atom. The van der Waals surface area contributed by atoms with Gasteiger partial charge in [0.05, 0.1) is 12.7 Å². The molecule has 1 aliphatic rings. The van der Waals surface area contributed by atoms with E-state index in [1.807, 2.05) is 24.3 Å². The van der Waals surface area contributed by atoms with Crippen LogP contribution in [0.3, 0.4) is 0 Å². The van der Waals surface area contributed by atoms with E-state index in [-0.39, 0.29) is 6.04 Å². The van der Waals surface area contributed by atoms with Gasteiger partial charge in [-0.1, -0.05) is 19.1 Å². The molecule has 2 atom stereocenters. The van der Waals surface area contributed by atoms with Gasteiger partial charge in [-0.15, -0.1) is 0 Å². The van der Waals surface area contributed by atoms with Crippen LogP contribution in [0.25, 0.3) is 0 Å².